The number of amides is 2. The predicted octanol–water partition coefficient (Wildman–Crippen LogP) is 3.85. The van der Waals surface area contributed by atoms with Crippen molar-refractivity contribution in [1.82, 2.24) is 10.2 Å². The van der Waals surface area contributed by atoms with Gasteiger partial charge in [-0.15, -0.1) is 0 Å². The van der Waals surface area contributed by atoms with Crippen molar-refractivity contribution in [2.24, 2.45) is 0 Å². The minimum Gasteiger partial charge on any atom is -0.489 e. The van der Waals surface area contributed by atoms with Gasteiger partial charge in [0.1, 0.15) is 24.9 Å². The standard InChI is InChI=1S/C27H30ClN3O5S/c1-20(27(33)29-2)30(17-22-11-7-8-12-25(22)28)26(32)18-31(37(3,34)35)23-13-15-24(16-14-23)36-19-21-9-5-4-6-10-21/h4-16,20H,17-19H2,1-3H3,(H,29,33). The molecule has 0 radical (unpaired) electrons. The highest BCUT2D eigenvalue weighted by Gasteiger charge is 2.30. The quantitative estimate of drug-likeness (QED) is 0.396. The van der Waals surface area contributed by atoms with Crippen LogP contribution in [0.3, 0.4) is 0 Å². The fourth-order valence-electron chi connectivity index (χ4n) is 3.66. The minimum absolute atomic E-state index is 0.0386. The van der Waals surface area contributed by atoms with Gasteiger partial charge in [0.25, 0.3) is 0 Å². The summed E-state index contributed by atoms with van der Waals surface area (Å²) in [6.45, 7) is 1.49. The number of nitrogens with one attached hydrogen (secondary N) is 1. The lowest BCUT2D eigenvalue weighted by atomic mass is 10.1. The molecule has 8 nitrogen and oxygen atoms in total. The average Bonchev–Trinajstić information content (AvgIpc) is 2.89. The summed E-state index contributed by atoms with van der Waals surface area (Å²) in [5.41, 5.74) is 1.94. The summed E-state index contributed by atoms with van der Waals surface area (Å²) >= 11 is 6.29. The molecule has 3 rings (SSSR count). The smallest absolute Gasteiger partial charge is 0.244 e. The van der Waals surface area contributed by atoms with Gasteiger partial charge in [-0.25, -0.2) is 8.42 Å². The molecule has 0 heterocycles. The van der Waals surface area contributed by atoms with E-state index in [1.807, 2.05) is 30.3 Å². The molecule has 3 aromatic rings. The van der Waals surface area contributed by atoms with Crippen LogP contribution in [0.5, 0.6) is 5.75 Å². The molecule has 0 aliphatic heterocycles. The number of rotatable bonds is 11. The summed E-state index contributed by atoms with van der Waals surface area (Å²) in [5.74, 6) is -0.377. The lowest BCUT2D eigenvalue weighted by Crippen LogP contribution is -2.50. The van der Waals surface area contributed by atoms with E-state index in [1.165, 1.54) is 11.9 Å². The minimum atomic E-state index is -3.83. The first kappa shape index (κ1) is 28.0. The fourth-order valence-corrected chi connectivity index (χ4v) is 4.71. The van der Waals surface area contributed by atoms with E-state index in [2.05, 4.69) is 5.32 Å². The Morgan fingerprint density at radius 2 is 1.59 bits per heavy atom. The Labute approximate surface area is 222 Å². The second-order valence-electron chi connectivity index (χ2n) is 8.44. The van der Waals surface area contributed by atoms with Crippen LogP contribution < -0.4 is 14.4 Å². The van der Waals surface area contributed by atoms with Crippen LogP contribution in [0.2, 0.25) is 5.02 Å². The highest BCUT2D eigenvalue weighted by atomic mass is 35.5. The second-order valence-corrected chi connectivity index (χ2v) is 10.8. The van der Waals surface area contributed by atoms with E-state index in [0.717, 1.165) is 16.1 Å². The average molecular weight is 544 g/mol. The summed E-state index contributed by atoms with van der Waals surface area (Å²) in [5, 5.41) is 2.97. The zero-order valence-corrected chi connectivity index (χ0v) is 22.5. The molecule has 0 aliphatic rings. The first-order valence-corrected chi connectivity index (χ1v) is 13.8. The Balaban J connectivity index is 1.81. The van der Waals surface area contributed by atoms with Crippen LogP contribution in [-0.4, -0.2) is 51.0 Å². The molecule has 2 amide bonds. The van der Waals surface area contributed by atoms with Crippen LogP contribution in [-0.2, 0) is 32.8 Å². The number of halogens is 1. The van der Waals surface area contributed by atoms with Crippen molar-refractivity contribution in [3.63, 3.8) is 0 Å². The third-order valence-corrected chi connectivity index (χ3v) is 7.27. The van der Waals surface area contributed by atoms with Crippen molar-refractivity contribution in [1.29, 1.82) is 0 Å². The summed E-state index contributed by atoms with van der Waals surface area (Å²) < 4.78 is 32.1. The second kappa shape index (κ2) is 12.6. The van der Waals surface area contributed by atoms with Gasteiger partial charge in [-0.1, -0.05) is 60.1 Å². The van der Waals surface area contributed by atoms with E-state index in [0.29, 0.717) is 28.6 Å². The van der Waals surface area contributed by atoms with Crippen LogP contribution in [0.25, 0.3) is 0 Å². The predicted molar refractivity (Wildman–Crippen MR) is 145 cm³/mol. The normalized spacial score (nSPS) is 11.9. The van der Waals surface area contributed by atoms with Gasteiger partial charge in [0.05, 0.1) is 11.9 Å². The summed E-state index contributed by atoms with van der Waals surface area (Å²) in [6, 6.07) is 22.2. The highest BCUT2D eigenvalue weighted by molar-refractivity contribution is 7.92. The lowest BCUT2D eigenvalue weighted by molar-refractivity contribution is -0.139. The first-order chi connectivity index (χ1) is 17.6. The molecule has 0 saturated heterocycles. The zero-order chi connectivity index (χ0) is 27.0. The Bertz CT molecular complexity index is 1320. The number of hydrogen-bond acceptors (Lipinski definition) is 5. The fraction of sp³-hybridized carbons (Fsp3) is 0.259. The zero-order valence-electron chi connectivity index (χ0n) is 20.9. The molecule has 1 atom stereocenters. The number of carbonyl (C=O) groups excluding carboxylic acids is 2. The van der Waals surface area contributed by atoms with Gasteiger partial charge < -0.3 is 15.0 Å². The number of benzene rings is 3. The maximum absolute atomic E-state index is 13.4. The van der Waals surface area contributed by atoms with Gasteiger partial charge in [0.2, 0.25) is 21.8 Å². The van der Waals surface area contributed by atoms with Crippen molar-refractivity contribution in [2.45, 2.75) is 26.1 Å². The van der Waals surface area contributed by atoms with E-state index in [4.69, 9.17) is 16.3 Å². The molecule has 0 aliphatic carbocycles. The topological polar surface area (TPSA) is 96.0 Å². The largest absolute Gasteiger partial charge is 0.489 e. The molecule has 1 unspecified atom stereocenters. The number of anilines is 1. The lowest BCUT2D eigenvalue weighted by Gasteiger charge is -2.31. The van der Waals surface area contributed by atoms with E-state index in [-0.39, 0.29) is 12.5 Å². The molecule has 0 fully saturated rings. The molecule has 0 saturated carbocycles. The Hall–Kier alpha value is -3.56. The first-order valence-electron chi connectivity index (χ1n) is 11.6. The molecule has 37 heavy (non-hydrogen) atoms. The molecule has 3 aromatic carbocycles. The maximum Gasteiger partial charge on any atom is 0.244 e. The number of ether oxygens (including phenoxy) is 1. The third-order valence-electron chi connectivity index (χ3n) is 5.76. The molecule has 1 N–H and O–H groups in total. The Kier molecular flexibility index (Phi) is 9.54. The molecular weight excluding hydrogens is 514 g/mol. The van der Waals surface area contributed by atoms with E-state index >= 15 is 0 Å². The van der Waals surface area contributed by atoms with Crippen LogP contribution in [0.15, 0.2) is 78.9 Å². The Morgan fingerprint density at radius 1 is 0.973 bits per heavy atom. The monoisotopic (exact) mass is 543 g/mol. The number of hydrogen-bond donors (Lipinski definition) is 1. The maximum atomic E-state index is 13.4. The number of nitrogens with zero attached hydrogens (tertiary/aromatic N) is 2. The van der Waals surface area contributed by atoms with Crippen molar-refractivity contribution < 1.29 is 22.7 Å². The van der Waals surface area contributed by atoms with Gasteiger partial charge in [-0.2, -0.15) is 0 Å². The van der Waals surface area contributed by atoms with E-state index in [9.17, 15) is 18.0 Å². The van der Waals surface area contributed by atoms with Crippen LogP contribution in [0, 0.1) is 0 Å². The molecule has 0 spiro atoms. The highest BCUT2D eigenvalue weighted by Crippen LogP contribution is 2.24. The summed E-state index contributed by atoms with van der Waals surface area (Å²) in [7, 11) is -2.36. The number of sulfonamides is 1. The van der Waals surface area contributed by atoms with E-state index < -0.39 is 28.5 Å². The van der Waals surface area contributed by atoms with Crippen molar-refractivity contribution >= 4 is 39.1 Å². The van der Waals surface area contributed by atoms with Gasteiger partial charge in [0, 0.05) is 18.6 Å². The van der Waals surface area contributed by atoms with Gasteiger partial charge >= 0.3 is 0 Å². The van der Waals surface area contributed by atoms with Crippen molar-refractivity contribution in [2.75, 3.05) is 24.2 Å². The van der Waals surface area contributed by atoms with Crippen LogP contribution in [0.4, 0.5) is 5.69 Å². The van der Waals surface area contributed by atoms with Crippen molar-refractivity contribution in [3.8, 4) is 5.75 Å². The van der Waals surface area contributed by atoms with Gasteiger partial charge in [0.15, 0.2) is 0 Å². The molecule has 0 aromatic heterocycles. The van der Waals surface area contributed by atoms with Gasteiger partial charge in [-0.3, -0.25) is 13.9 Å². The molecule has 196 valence electrons. The van der Waals surface area contributed by atoms with Crippen molar-refractivity contribution in [3.05, 3.63) is 95.0 Å². The number of likely N-dealkylation sites (N-methyl/N-ethyl adjacent to an activating group) is 1. The summed E-state index contributed by atoms with van der Waals surface area (Å²) in [4.78, 5) is 27.2. The molecular formula is C27H30ClN3O5S. The van der Waals surface area contributed by atoms with E-state index in [1.54, 1.807) is 55.5 Å². The van der Waals surface area contributed by atoms with Crippen LogP contribution >= 0.6 is 11.6 Å². The van der Waals surface area contributed by atoms with Crippen LogP contribution in [0.1, 0.15) is 18.1 Å². The molecule has 0 bridgehead atoms. The SMILES string of the molecule is CNC(=O)C(C)N(Cc1ccccc1Cl)C(=O)CN(c1ccc(OCc2ccccc2)cc1)S(C)(=O)=O. The third kappa shape index (κ3) is 7.71. The Morgan fingerprint density at radius 3 is 2.19 bits per heavy atom. The molecule has 10 heteroatoms. The van der Waals surface area contributed by atoms with Gasteiger partial charge in [-0.05, 0) is 48.4 Å². The number of carbonyl (C=O) groups is 2. The summed E-state index contributed by atoms with van der Waals surface area (Å²) in [6.07, 6.45) is 1.03.